The SMILES string of the molecule is CCCN(CC1CC1)C(CN)c1ccc(OC(C)C)cc1. The molecule has 0 radical (unpaired) electrons. The van der Waals surface area contributed by atoms with Crippen LogP contribution in [0.2, 0.25) is 0 Å². The van der Waals surface area contributed by atoms with Gasteiger partial charge in [-0.3, -0.25) is 4.90 Å². The Balaban J connectivity index is 2.06. The first kappa shape index (κ1) is 16.3. The van der Waals surface area contributed by atoms with Gasteiger partial charge in [-0.05, 0) is 63.3 Å². The summed E-state index contributed by atoms with van der Waals surface area (Å²) >= 11 is 0. The van der Waals surface area contributed by atoms with Crippen molar-refractivity contribution in [2.45, 2.75) is 52.2 Å². The molecule has 1 fully saturated rings. The zero-order valence-corrected chi connectivity index (χ0v) is 13.7. The monoisotopic (exact) mass is 290 g/mol. The van der Waals surface area contributed by atoms with Crippen LogP contribution in [0.1, 0.15) is 51.6 Å². The number of nitrogens with zero attached hydrogens (tertiary/aromatic N) is 1. The van der Waals surface area contributed by atoms with Gasteiger partial charge in [-0.2, -0.15) is 0 Å². The Morgan fingerprint density at radius 3 is 2.38 bits per heavy atom. The van der Waals surface area contributed by atoms with Crippen molar-refractivity contribution in [3.63, 3.8) is 0 Å². The lowest BCUT2D eigenvalue weighted by Gasteiger charge is -2.31. The molecule has 118 valence electrons. The van der Waals surface area contributed by atoms with Gasteiger partial charge in [0.05, 0.1) is 6.10 Å². The van der Waals surface area contributed by atoms with E-state index in [1.165, 1.54) is 31.4 Å². The van der Waals surface area contributed by atoms with Crippen LogP contribution >= 0.6 is 0 Å². The summed E-state index contributed by atoms with van der Waals surface area (Å²) in [6.45, 7) is 9.34. The van der Waals surface area contributed by atoms with Crippen molar-refractivity contribution in [2.75, 3.05) is 19.6 Å². The molecule has 1 unspecified atom stereocenters. The average molecular weight is 290 g/mol. The van der Waals surface area contributed by atoms with Crippen LogP contribution in [-0.2, 0) is 0 Å². The maximum atomic E-state index is 6.08. The van der Waals surface area contributed by atoms with Gasteiger partial charge in [-0.1, -0.05) is 19.1 Å². The molecule has 1 aliphatic carbocycles. The summed E-state index contributed by atoms with van der Waals surface area (Å²) in [5, 5.41) is 0. The van der Waals surface area contributed by atoms with Gasteiger partial charge in [0, 0.05) is 19.1 Å². The molecule has 3 heteroatoms. The first-order valence-corrected chi connectivity index (χ1v) is 8.34. The molecule has 2 N–H and O–H groups in total. The van der Waals surface area contributed by atoms with Crippen LogP contribution in [0.3, 0.4) is 0 Å². The Kier molecular flexibility index (Phi) is 6.07. The molecule has 1 aromatic carbocycles. The first-order chi connectivity index (χ1) is 10.1. The smallest absolute Gasteiger partial charge is 0.119 e. The summed E-state index contributed by atoms with van der Waals surface area (Å²) in [6.07, 6.45) is 4.17. The zero-order valence-electron chi connectivity index (χ0n) is 13.7. The molecular weight excluding hydrogens is 260 g/mol. The third-order valence-corrected chi connectivity index (χ3v) is 4.00. The molecule has 1 atom stereocenters. The third-order valence-electron chi connectivity index (χ3n) is 4.00. The molecule has 1 aliphatic rings. The van der Waals surface area contributed by atoms with Crippen LogP contribution in [-0.4, -0.2) is 30.6 Å². The van der Waals surface area contributed by atoms with Crippen molar-refractivity contribution in [1.29, 1.82) is 0 Å². The topological polar surface area (TPSA) is 38.5 Å². The molecule has 0 aliphatic heterocycles. The molecule has 2 rings (SSSR count). The summed E-state index contributed by atoms with van der Waals surface area (Å²) in [4.78, 5) is 2.57. The minimum atomic E-state index is 0.215. The molecule has 0 aromatic heterocycles. The standard InChI is InChI=1S/C18H30N2O/c1-4-11-20(13-15-5-6-15)18(12-19)16-7-9-17(10-8-16)21-14(2)3/h7-10,14-15,18H,4-6,11-13,19H2,1-3H3. The minimum Gasteiger partial charge on any atom is -0.491 e. The highest BCUT2D eigenvalue weighted by Gasteiger charge is 2.27. The molecule has 0 spiro atoms. The second-order valence-electron chi connectivity index (χ2n) is 6.43. The van der Waals surface area contributed by atoms with Crippen LogP contribution < -0.4 is 10.5 Å². The Bertz CT molecular complexity index is 412. The highest BCUT2D eigenvalue weighted by Crippen LogP contribution is 2.33. The fraction of sp³-hybridized carbons (Fsp3) is 0.667. The largest absolute Gasteiger partial charge is 0.491 e. The summed E-state index contributed by atoms with van der Waals surface area (Å²) < 4.78 is 5.72. The van der Waals surface area contributed by atoms with Gasteiger partial charge in [-0.25, -0.2) is 0 Å². The van der Waals surface area contributed by atoms with E-state index in [-0.39, 0.29) is 6.10 Å². The van der Waals surface area contributed by atoms with E-state index >= 15 is 0 Å². The van der Waals surface area contributed by atoms with E-state index in [9.17, 15) is 0 Å². The van der Waals surface area contributed by atoms with Crippen molar-refractivity contribution in [1.82, 2.24) is 4.90 Å². The highest BCUT2D eigenvalue weighted by molar-refractivity contribution is 5.29. The van der Waals surface area contributed by atoms with E-state index in [0.717, 1.165) is 18.2 Å². The van der Waals surface area contributed by atoms with Gasteiger partial charge in [0.1, 0.15) is 5.75 Å². The predicted molar refractivity (Wildman–Crippen MR) is 88.6 cm³/mol. The molecule has 21 heavy (non-hydrogen) atoms. The van der Waals surface area contributed by atoms with Gasteiger partial charge in [0.25, 0.3) is 0 Å². The normalized spacial score (nSPS) is 16.5. The Morgan fingerprint density at radius 1 is 1.24 bits per heavy atom. The summed E-state index contributed by atoms with van der Waals surface area (Å²) in [6, 6.07) is 8.81. The lowest BCUT2D eigenvalue weighted by molar-refractivity contribution is 0.193. The summed E-state index contributed by atoms with van der Waals surface area (Å²) in [7, 11) is 0. The third kappa shape index (κ3) is 5.01. The number of benzene rings is 1. The molecule has 0 amide bonds. The van der Waals surface area contributed by atoms with Gasteiger partial charge in [0.2, 0.25) is 0 Å². The lowest BCUT2D eigenvalue weighted by atomic mass is 10.0. The van der Waals surface area contributed by atoms with Gasteiger partial charge in [-0.15, -0.1) is 0 Å². The maximum absolute atomic E-state index is 6.08. The molecule has 0 saturated heterocycles. The van der Waals surface area contributed by atoms with Crippen molar-refractivity contribution in [3.05, 3.63) is 29.8 Å². The van der Waals surface area contributed by atoms with E-state index in [1.807, 2.05) is 0 Å². The second kappa shape index (κ2) is 7.81. The molecule has 1 aromatic rings. The number of ether oxygens (including phenoxy) is 1. The number of hydrogen-bond acceptors (Lipinski definition) is 3. The Morgan fingerprint density at radius 2 is 1.90 bits per heavy atom. The zero-order chi connectivity index (χ0) is 15.2. The van der Waals surface area contributed by atoms with E-state index in [2.05, 4.69) is 49.9 Å². The van der Waals surface area contributed by atoms with Crippen molar-refractivity contribution >= 4 is 0 Å². The number of rotatable bonds is 9. The van der Waals surface area contributed by atoms with E-state index in [0.29, 0.717) is 12.6 Å². The number of hydrogen-bond donors (Lipinski definition) is 1. The van der Waals surface area contributed by atoms with Gasteiger partial charge < -0.3 is 10.5 Å². The minimum absolute atomic E-state index is 0.215. The maximum Gasteiger partial charge on any atom is 0.119 e. The van der Waals surface area contributed by atoms with Crippen LogP contribution in [0.4, 0.5) is 0 Å². The van der Waals surface area contributed by atoms with E-state index < -0.39 is 0 Å². The average Bonchev–Trinajstić information content (AvgIpc) is 3.25. The Labute approximate surface area is 129 Å². The summed E-state index contributed by atoms with van der Waals surface area (Å²) in [5.41, 5.74) is 7.39. The second-order valence-corrected chi connectivity index (χ2v) is 6.43. The molecule has 0 heterocycles. The number of nitrogens with two attached hydrogens (primary N) is 1. The lowest BCUT2D eigenvalue weighted by Crippen LogP contribution is -2.35. The highest BCUT2D eigenvalue weighted by atomic mass is 16.5. The van der Waals surface area contributed by atoms with Crippen molar-refractivity contribution in [2.24, 2.45) is 11.7 Å². The fourth-order valence-corrected chi connectivity index (χ4v) is 2.83. The molecule has 1 saturated carbocycles. The quantitative estimate of drug-likeness (QED) is 0.755. The fourth-order valence-electron chi connectivity index (χ4n) is 2.83. The van der Waals surface area contributed by atoms with E-state index in [1.54, 1.807) is 0 Å². The van der Waals surface area contributed by atoms with E-state index in [4.69, 9.17) is 10.5 Å². The van der Waals surface area contributed by atoms with Gasteiger partial charge >= 0.3 is 0 Å². The summed E-state index contributed by atoms with van der Waals surface area (Å²) in [5.74, 6) is 1.84. The van der Waals surface area contributed by atoms with Crippen LogP contribution in [0.5, 0.6) is 5.75 Å². The van der Waals surface area contributed by atoms with Crippen LogP contribution in [0.25, 0.3) is 0 Å². The molecule has 0 bridgehead atoms. The van der Waals surface area contributed by atoms with Gasteiger partial charge in [0.15, 0.2) is 0 Å². The predicted octanol–water partition coefficient (Wildman–Crippen LogP) is 3.60. The first-order valence-electron chi connectivity index (χ1n) is 8.34. The van der Waals surface area contributed by atoms with Crippen molar-refractivity contribution < 1.29 is 4.74 Å². The Hall–Kier alpha value is -1.06. The van der Waals surface area contributed by atoms with Crippen LogP contribution in [0.15, 0.2) is 24.3 Å². The molecular formula is C18H30N2O. The molecule has 3 nitrogen and oxygen atoms in total. The van der Waals surface area contributed by atoms with Crippen LogP contribution in [0, 0.1) is 5.92 Å². The van der Waals surface area contributed by atoms with Crippen molar-refractivity contribution in [3.8, 4) is 5.75 Å².